The molecular formula is C13H18N4S. The Morgan fingerprint density at radius 2 is 2.00 bits per heavy atom. The fourth-order valence-corrected chi connectivity index (χ4v) is 4.30. The summed E-state index contributed by atoms with van der Waals surface area (Å²) in [5, 5.41) is 4.75. The summed E-state index contributed by atoms with van der Waals surface area (Å²) in [4.78, 5) is 10.8. The summed E-state index contributed by atoms with van der Waals surface area (Å²) >= 11 is 1.73. The fraction of sp³-hybridized carbons (Fsp3) is 0.538. The highest BCUT2D eigenvalue weighted by Crippen LogP contribution is 2.44. The Morgan fingerprint density at radius 1 is 1.28 bits per heavy atom. The van der Waals surface area contributed by atoms with E-state index in [-0.39, 0.29) is 11.1 Å². The Bertz CT molecular complexity index is 627. The van der Waals surface area contributed by atoms with Crippen LogP contribution in [0.5, 0.6) is 0 Å². The molecule has 0 saturated heterocycles. The highest BCUT2D eigenvalue weighted by Gasteiger charge is 2.39. The number of nitrogens with one attached hydrogen (secondary N) is 1. The van der Waals surface area contributed by atoms with Crippen LogP contribution in [-0.4, -0.2) is 15.5 Å². The third-order valence-electron chi connectivity index (χ3n) is 3.45. The monoisotopic (exact) mass is 262 g/mol. The van der Waals surface area contributed by atoms with Gasteiger partial charge in [0.05, 0.1) is 5.39 Å². The van der Waals surface area contributed by atoms with Crippen molar-refractivity contribution in [2.45, 2.75) is 45.2 Å². The van der Waals surface area contributed by atoms with Gasteiger partial charge in [-0.1, -0.05) is 0 Å². The summed E-state index contributed by atoms with van der Waals surface area (Å²) in [6.07, 6.45) is 2.51. The van der Waals surface area contributed by atoms with Crippen molar-refractivity contribution < 1.29 is 0 Å². The van der Waals surface area contributed by atoms with Crippen molar-refractivity contribution in [3.05, 3.63) is 16.8 Å². The Morgan fingerprint density at radius 3 is 2.72 bits per heavy atom. The molecule has 3 rings (SSSR count). The van der Waals surface area contributed by atoms with Gasteiger partial charge in [-0.05, 0) is 39.7 Å². The zero-order valence-electron chi connectivity index (χ0n) is 11.2. The molecule has 4 nitrogen and oxygen atoms in total. The van der Waals surface area contributed by atoms with Crippen LogP contribution in [0.15, 0.2) is 6.33 Å². The van der Waals surface area contributed by atoms with Crippen LogP contribution in [0.3, 0.4) is 0 Å². The summed E-state index contributed by atoms with van der Waals surface area (Å²) < 4.78 is 0. The molecule has 96 valence electrons. The van der Waals surface area contributed by atoms with Crippen LogP contribution in [0.25, 0.3) is 10.2 Å². The first kappa shape index (κ1) is 11.9. The quantitative estimate of drug-likeness (QED) is 0.765. The summed E-state index contributed by atoms with van der Waals surface area (Å²) in [6, 6.07) is 0. The van der Waals surface area contributed by atoms with Crippen molar-refractivity contribution in [2.24, 2.45) is 0 Å². The average molecular weight is 262 g/mol. The van der Waals surface area contributed by atoms with Crippen molar-refractivity contribution in [3.8, 4) is 0 Å². The fourth-order valence-electron chi connectivity index (χ4n) is 3.08. The maximum atomic E-state index is 6.04. The Labute approximate surface area is 111 Å². The van der Waals surface area contributed by atoms with Crippen LogP contribution >= 0.6 is 11.3 Å². The SMILES string of the molecule is CC1(C)Cc2c(sc3ncnc(N)c23)C(C)(C)N1. The number of fused-ring (bicyclic) bond motifs is 3. The van der Waals surface area contributed by atoms with Crippen molar-refractivity contribution in [1.82, 2.24) is 15.3 Å². The lowest BCUT2D eigenvalue weighted by Crippen LogP contribution is -2.54. The first-order valence-electron chi connectivity index (χ1n) is 6.12. The largest absolute Gasteiger partial charge is 0.383 e. The molecule has 0 atom stereocenters. The average Bonchev–Trinajstić information content (AvgIpc) is 2.56. The lowest BCUT2D eigenvalue weighted by atomic mass is 9.82. The Hall–Kier alpha value is -1.20. The summed E-state index contributed by atoms with van der Waals surface area (Å²) in [5.41, 5.74) is 7.37. The Kier molecular flexibility index (Phi) is 2.26. The van der Waals surface area contributed by atoms with E-state index >= 15 is 0 Å². The minimum absolute atomic E-state index is 0.0467. The lowest BCUT2D eigenvalue weighted by Gasteiger charge is -2.42. The van der Waals surface area contributed by atoms with Crippen LogP contribution < -0.4 is 11.1 Å². The zero-order valence-corrected chi connectivity index (χ0v) is 12.0. The molecule has 0 saturated carbocycles. The van der Waals surface area contributed by atoms with E-state index in [1.807, 2.05) is 0 Å². The molecular weight excluding hydrogens is 244 g/mol. The molecule has 2 aromatic heterocycles. The minimum atomic E-state index is -0.0467. The predicted molar refractivity (Wildman–Crippen MR) is 75.8 cm³/mol. The van der Waals surface area contributed by atoms with Crippen molar-refractivity contribution >= 4 is 27.4 Å². The topological polar surface area (TPSA) is 63.8 Å². The molecule has 3 N–H and O–H groups in total. The van der Waals surface area contributed by atoms with E-state index < -0.39 is 0 Å². The van der Waals surface area contributed by atoms with Crippen molar-refractivity contribution in [1.29, 1.82) is 0 Å². The van der Waals surface area contributed by atoms with Gasteiger partial charge in [0.1, 0.15) is 17.0 Å². The molecule has 2 aromatic rings. The van der Waals surface area contributed by atoms with E-state index in [1.54, 1.807) is 17.7 Å². The predicted octanol–water partition coefficient (Wildman–Crippen LogP) is 2.43. The Balaban J connectivity index is 2.36. The van der Waals surface area contributed by atoms with Gasteiger partial charge < -0.3 is 11.1 Å². The second-order valence-electron chi connectivity index (χ2n) is 6.16. The van der Waals surface area contributed by atoms with Gasteiger partial charge in [0.2, 0.25) is 0 Å². The van der Waals surface area contributed by atoms with Gasteiger partial charge >= 0.3 is 0 Å². The van der Waals surface area contributed by atoms with Crippen LogP contribution in [0.2, 0.25) is 0 Å². The molecule has 18 heavy (non-hydrogen) atoms. The molecule has 1 aliphatic heterocycles. The number of nitrogen functional groups attached to an aromatic ring is 1. The molecule has 0 spiro atoms. The maximum Gasteiger partial charge on any atom is 0.135 e. The highest BCUT2D eigenvalue weighted by atomic mass is 32.1. The minimum Gasteiger partial charge on any atom is -0.383 e. The second kappa shape index (κ2) is 3.42. The smallest absolute Gasteiger partial charge is 0.135 e. The molecule has 5 heteroatoms. The van der Waals surface area contributed by atoms with Crippen LogP contribution in [0, 0.1) is 0 Å². The normalized spacial score (nSPS) is 20.9. The number of anilines is 1. The number of hydrogen-bond donors (Lipinski definition) is 2. The third kappa shape index (κ3) is 1.61. The number of hydrogen-bond acceptors (Lipinski definition) is 5. The molecule has 0 aromatic carbocycles. The number of rotatable bonds is 0. The van der Waals surface area contributed by atoms with Gasteiger partial charge in [-0.2, -0.15) is 0 Å². The van der Waals surface area contributed by atoms with E-state index in [0.29, 0.717) is 5.82 Å². The van der Waals surface area contributed by atoms with E-state index in [9.17, 15) is 0 Å². The van der Waals surface area contributed by atoms with E-state index in [4.69, 9.17) is 5.73 Å². The molecule has 0 bridgehead atoms. The molecule has 3 heterocycles. The van der Waals surface area contributed by atoms with Gasteiger partial charge in [-0.25, -0.2) is 9.97 Å². The molecule has 1 aliphatic rings. The van der Waals surface area contributed by atoms with Gasteiger partial charge in [-0.3, -0.25) is 0 Å². The summed E-state index contributed by atoms with van der Waals surface area (Å²) in [7, 11) is 0. The number of aromatic nitrogens is 2. The molecule has 0 radical (unpaired) electrons. The standard InChI is InChI=1S/C13H18N4S/c1-12(2)5-7-8-10(14)15-6-16-11(8)18-9(7)13(3,4)17-12/h6,17H,5H2,1-4H3,(H2,14,15,16). The van der Waals surface area contributed by atoms with E-state index in [0.717, 1.165) is 16.6 Å². The zero-order chi connectivity index (χ0) is 13.1. The van der Waals surface area contributed by atoms with Crippen LogP contribution in [-0.2, 0) is 12.0 Å². The molecule has 0 amide bonds. The van der Waals surface area contributed by atoms with Crippen molar-refractivity contribution in [2.75, 3.05) is 5.73 Å². The van der Waals surface area contributed by atoms with Crippen LogP contribution in [0.1, 0.15) is 38.1 Å². The van der Waals surface area contributed by atoms with Gasteiger partial charge in [0.15, 0.2) is 0 Å². The van der Waals surface area contributed by atoms with Gasteiger partial charge in [0, 0.05) is 16.0 Å². The van der Waals surface area contributed by atoms with Crippen molar-refractivity contribution in [3.63, 3.8) is 0 Å². The highest BCUT2D eigenvalue weighted by molar-refractivity contribution is 7.19. The second-order valence-corrected chi connectivity index (χ2v) is 7.16. The first-order valence-corrected chi connectivity index (χ1v) is 6.93. The summed E-state index contributed by atoms with van der Waals surface area (Å²) in [6.45, 7) is 8.87. The molecule has 0 fully saturated rings. The maximum absolute atomic E-state index is 6.04. The number of nitrogens with zero attached hydrogens (tertiary/aromatic N) is 2. The first-order chi connectivity index (χ1) is 8.30. The third-order valence-corrected chi connectivity index (χ3v) is 4.92. The van der Waals surface area contributed by atoms with Gasteiger partial charge in [0.25, 0.3) is 0 Å². The lowest BCUT2D eigenvalue weighted by molar-refractivity contribution is 0.248. The number of thiophene rings is 1. The molecule has 0 unspecified atom stereocenters. The van der Waals surface area contributed by atoms with E-state index in [2.05, 4.69) is 43.0 Å². The van der Waals surface area contributed by atoms with Gasteiger partial charge in [-0.15, -0.1) is 11.3 Å². The summed E-state index contributed by atoms with van der Waals surface area (Å²) in [5.74, 6) is 0.603. The molecule has 0 aliphatic carbocycles. The van der Waals surface area contributed by atoms with E-state index in [1.165, 1.54) is 10.4 Å². The van der Waals surface area contributed by atoms with Crippen LogP contribution in [0.4, 0.5) is 5.82 Å². The number of nitrogens with two attached hydrogens (primary N) is 1.